The number of carbonyl (C=O) groups excluding carboxylic acids is 2. The van der Waals surface area contributed by atoms with Crippen LogP contribution in [-0.2, 0) is 23.4 Å². The van der Waals surface area contributed by atoms with E-state index in [0.29, 0.717) is 18.8 Å². The van der Waals surface area contributed by atoms with E-state index in [1.807, 2.05) is 47.4 Å². The zero-order valence-corrected chi connectivity index (χ0v) is 23.7. The van der Waals surface area contributed by atoms with Crippen molar-refractivity contribution in [2.75, 3.05) is 0 Å². The van der Waals surface area contributed by atoms with Crippen molar-refractivity contribution in [1.82, 2.24) is 14.8 Å². The topological polar surface area (TPSA) is 54.3 Å². The first-order chi connectivity index (χ1) is 19.5. The molecule has 0 unspecified atom stereocenters. The van der Waals surface area contributed by atoms with E-state index in [1.54, 1.807) is 0 Å². The molecule has 5 heteroatoms. The number of fused-ring (bicyclic) bond motifs is 3. The Labute approximate surface area is 237 Å². The Morgan fingerprint density at radius 3 is 2.33 bits per heavy atom. The fourth-order valence-electron chi connectivity index (χ4n) is 6.73. The maximum absolute atomic E-state index is 14.8. The van der Waals surface area contributed by atoms with Gasteiger partial charge in [-0.15, -0.1) is 0 Å². The lowest BCUT2D eigenvalue weighted by atomic mass is 9.83. The minimum atomic E-state index is -1.19. The van der Waals surface area contributed by atoms with Crippen molar-refractivity contribution in [1.29, 1.82) is 0 Å². The summed E-state index contributed by atoms with van der Waals surface area (Å²) in [5.41, 5.74) is 4.58. The maximum Gasteiger partial charge on any atom is 0.272 e. The molecule has 2 heterocycles. The van der Waals surface area contributed by atoms with Gasteiger partial charge >= 0.3 is 0 Å². The highest BCUT2D eigenvalue weighted by molar-refractivity contribution is 6.04. The van der Waals surface area contributed by atoms with Crippen LogP contribution < -0.4 is 5.32 Å². The number of aryl methyl sites for hydroxylation is 2. The molecule has 2 amide bonds. The van der Waals surface area contributed by atoms with Gasteiger partial charge in [-0.25, -0.2) is 0 Å². The van der Waals surface area contributed by atoms with Crippen molar-refractivity contribution in [2.24, 2.45) is 0 Å². The first kappa shape index (κ1) is 26.4. The van der Waals surface area contributed by atoms with E-state index in [4.69, 9.17) is 0 Å². The van der Waals surface area contributed by atoms with E-state index >= 15 is 0 Å². The highest BCUT2D eigenvalue weighted by atomic mass is 16.2. The van der Waals surface area contributed by atoms with Crippen LogP contribution in [0, 0.1) is 13.8 Å². The van der Waals surface area contributed by atoms with Crippen LogP contribution in [0.25, 0.3) is 10.9 Å². The summed E-state index contributed by atoms with van der Waals surface area (Å²) >= 11 is 0. The molecule has 6 rings (SSSR count). The second-order valence-corrected chi connectivity index (χ2v) is 11.8. The SMILES string of the molecule is Cc1cccc(CN2C(=O)c3cc4ccc(C)cc4n3C[C@@]2(C(=O)NC2CCCCCCC2)c2ccccc2)c1. The zero-order chi connectivity index (χ0) is 27.7. The quantitative estimate of drug-likeness (QED) is 0.299. The van der Waals surface area contributed by atoms with Crippen molar-refractivity contribution in [3.63, 3.8) is 0 Å². The molecule has 5 nitrogen and oxygen atoms in total. The largest absolute Gasteiger partial charge is 0.351 e. The van der Waals surface area contributed by atoms with Crippen LogP contribution in [0.1, 0.15) is 77.7 Å². The second-order valence-electron chi connectivity index (χ2n) is 11.8. The lowest BCUT2D eigenvalue weighted by molar-refractivity contribution is -0.136. The van der Waals surface area contributed by atoms with Gasteiger partial charge in [-0.1, -0.05) is 104 Å². The molecule has 1 aliphatic carbocycles. The minimum Gasteiger partial charge on any atom is -0.351 e. The maximum atomic E-state index is 14.8. The Kier molecular flexibility index (Phi) is 7.22. The van der Waals surface area contributed by atoms with Gasteiger partial charge in [-0.05, 0) is 55.5 Å². The first-order valence-electron chi connectivity index (χ1n) is 14.8. The number of amides is 2. The van der Waals surface area contributed by atoms with Gasteiger partial charge < -0.3 is 14.8 Å². The predicted octanol–water partition coefficient (Wildman–Crippen LogP) is 7.04. The van der Waals surface area contributed by atoms with Gasteiger partial charge in [0.2, 0.25) is 0 Å². The van der Waals surface area contributed by atoms with Gasteiger partial charge in [0.15, 0.2) is 5.54 Å². The molecule has 1 atom stereocenters. The second kappa shape index (κ2) is 11.0. The summed E-state index contributed by atoms with van der Waals surface area (Å²) in [7, 11) is 0. The summed E-state index contributed by atoms with van der Waals surface area (Å²) in [5, 5.41) is 4.50. The molecule has 0 spiro atoms. The number of benzene rings is 3. The van der Waals surface area contributed by atoms with Crippen molar-refractivity contribution in [3.8, 4) is 0 Å². The number of rotatable bonds is 5. The number of aromatic nitrogens is 1. The number of nitrogens with one attached hydrogen (secondary N) is 1. The van der Waals surface area contributed by atoms with E-state index in [9.17, 15) is 9.59 Å². The molecule has 4 aromatic rings. The van der Waals surface area contributed by atoms with E-state index in [0.717, 1.165) is 58.8 Å². The summed E-state index contributed by atoms with van der Waals surface area (Å²) in [5.74, 6) is -0.191. The molecule has 1 saturated carbocycles. The molecular formula is C35H39N3O2. The normalized spacial score (nSPS) is 20.1. The molecule has 1 aromatic heterocycles. The van der Waals surface area contributed by atoms with Crippen LogP contribution >= 0.6 is 0 Å². The van der Waals surface area contributed by atoms with E-state index in [-0.39, 0.29) is 17.9 Å². The van der Waals surface area contributed by atoms with Gasteiger partial charge in [0.25, 0.3) is 11.8 Å². The third-order valence-electron chi connectivity index (χ3n) is 8.86. The van der Waals surface area contributed by atoms with Crippen LogP contribution in [-0.4, -0.2) is 27.3 Å². The van der Waals surface area contributed by atoms with Crippen LogP contribution in [0.4, 0.5) is 0 Å². The van der Waals surface area contributed by atoms with E-state index in [1.165, 1.54) is 19.3 Å². The molecule has 206 valence electrons. The van der Waals surface area contributed by atoms with E-state index in [2.05, 4.69) is 60.1 Å². The van der Waals surface area contributed by atoms with E-state index < -0.39 is 5.54 Å². The molecule has 0 bridgehead atoms. The van der Waals surface area contributed by atoms with Crippen LogP contribution in [0.15, 0.2) is 78.9 Å². The van der Waals surface area contributed by atoms with Crippen LogP contribution in [0.2, 0.25) is 0 Å². The number of carbonyl (C=O) groups is 2. The molecule has 0 saturated heterocycles. The fourth-order valence-corrected chi connectivity index (χ4v) is 6.73. The lowest BCUT2D eigenvalue weighted by Gasteiger charge is -2.47. The van der Waals surface area contributed by atoms with Crippen molar-refractivity contribution in [2.45, 2.75) is 83.5 Å². The summed E-state index contributed by atoms with van der Waals surface area (Å²) in [4.78, 5) is 31.2. The molecule has 1 aliphatic heterocycles. The van der Waals surface area contributed by atoms with Gasteiger partial charge in [0, 0.05) is 23.5 Å². The molecule has 2 aliphatic rings. The monoisotopic (exact) mass is 533 g/mol. The number of hydrogen-bond acceptors (Lipinski definition) is 2. The highest BCUT2D eigenvalue weighted by Crippen LogP contribution is 2.40. The highest BCUT2D eigenvalue weighted by Gasteiger charge is 2.52. The first-order valence-corrected chi connectivity index (χ1v) is 14.8. The standard InChI is InChI=1S/C35H39N3O2/c1-25-12-11-13-27(20-25)23-38-33(39)32-22-28-19-18-26(2)21-31(28)37(32)24-35(38,29-14-7-6-8-15-29)34(40)36-30-16-9-4-3-5-10-17-30/h6-8,11-15,18-22,30H,3-5,9-10,16-17,23-24H2,1-2H3,(H,36,40)/t35-/m0/s1. The third kappa shape index (κ3) is 4.83. The molecule has 0 radical (unpaired) electrons. The number of hydrogen-bond donors (Lipinski definition) is 1. The average Bonchev–Trinajstić information content (AvgIpc) is 3.29. The Morgan fingerprint density at radius 2 is 1.57 bits per heavy atom. The third-order valence-corrected chi connectivity index (χ3v) is 8.86. The smallest absolute Gasteiger partial charge is 0.272 e. The van der Waals surface area contributed by atoms with Gasteiger partial charge in [0.05, 0.1) is 6.54 Å². The van der Waals surface area contributed by atoms with Gasteiger partial charge in [0.1, 0.15) is 5.69 Å². The van der Waals surface area contributed by atoms with Crippen molar-refractivity contribution < 1.29 is 9.59 Å². The van der Waals surface area contributed by atoms with Crippen LogP contribution in [0.5, 0.6) is 0 Å². The van der Waals surface area contributed by atoms with Crippen molar-refractivity contribution in [3.05, 3.63) is 107 Å². The average molecular weight is 534 g/mol. The lowest BCUT2D eigenvalue weighted by Crippen LogP contribution is -2.64. The van der Waals surface area contributed by atoms with Crippen molar-refractivity contribution >= 4 is 22.7 Å². The summed E-state index contributed by atoms with van der Waals surface area (Å²) in [6, 6.07) is 26.6. The summed E-state index contributed by atoms with van der Waals surface area (Å²) in [6.45, 7) is 4.86. The minimum absolute atomic E-state index is 0.0783. The molecule has 40 heavy (non-hydrogen) atoms. The Morgan fingerprint density at radius 1 is 0.850 bits per heavy atom. The molecule has 1 fully saturated rings. The fraction of sp³-hybridized carbons (Fsp3) is 0.371. The summed E-state index contributed by atoms with van der Waals surface area (Å²) < 4.78 is 2.09. The van der Waals surface area contributed by atoms with Gasteiger partial charge in [-0.3, -0.25) is 9.59 Å². The molecule has 1 N–H and O–H groups in total. The zero-order valence-electron chi connectivity index (χ0n) is 23.7. The Balaban J connectivity index is 1.52. The summed E-state index contributed by atoms with van der Waals surface area (Å²) in [6.07, 6.45) is 7.93. The molecule has 3 aromatic carbocycles. The number of nitrogens with zero attached hydrogens (tertiary/aromatic N) is 2. The Hall–Kier alpha value is -3.86. The Bertz CT molecular complexity index is 1530. The predicted molar refractivity (Wildman–Crippen MR) is 160 cm³/mol. The molecular weight excluding hydrogens is 494 g/mol. The van der Waals surface area contributed by atoms with Crippen LogP contribution in [0.3, 0.4) is 0 Å². The van der Waals surface area contributed by atoms with Gasteiger partial charge in [-0.2, -0.15) is 0 Å².